The van der Waals surface area contributed by atoms with Crippen molar-refractivity contribution in [3.8, 4) is 11.8 Å². The smallest absolute Gasteiger partial charge is 0.174 e. The van der Waals surface area contributed by atoms with Gasteiger partial charge in [0.2, 0.25) is 0 Å². The van der Waals surface area contributed by atoms with Gasteiger partial charge in [0.15, 0.2) is 6.61 Å². The van der Waals surface area contributed by atoms with E-state index in [1.165, 1.54) is 6.42 Å². The zero-order valence-electron chi connectivity index (χ0n) is 10.4. The van der Waals surface area contributed by atoms with E-state index >= 15 is 0 Å². The summed E-state index contributed by atoms with van der Waals surface area (Å²) in [5.74, 6) is 0.743. The van der Waals surface area contributed by atoms with Crippen LogP contribution >= 0.6 is 0 Å². The van der Waals surface area contributed by atoms with Gasteiger partial charge in [0.1, 0.15) is 11.8 Å². The Hall–Kier alpha value is -1.57. The molecule has 0 radical (unpaired) electrons. The van der Waals surface area contributed by atoms with E-state index in [0.717, 1.165) is 37.4 Å². The second kappa shape index (κ2) is 7.00. The van der Waals surface area contributed by atoms with Gasteiger partial charge in [0, 0.05) is 19.7 Å². The molecule has 18 heavy (non-hydrogen) atoms. The Morgan fingerprint density at radius 3 is 3.22 bits per heavy atom. The molecule has 0 spiro atoms. The fraction of sp³-hybridized carbons (Fsp3) is 0.500. The summed E-state index contributed by atoms with van der Waals surface area (Å²) in [5, 5.41) is 11.8. The first kappa shape index (κ1) is 12.9. The van der Waals surface area contributed by atoms with Crippen molar-refractivity contribution in [2.24, 2.45) is 0 Å². The van der Waals surface area contributed by atoms with Crippen LogP contribution in [0.3, 0.4) is 0 Å². The van der Waals surface area contributed by atoms with E-state index in [0.29, 0.717) is 6.10 Å². The lowest BCUT2D eigenvalue weighted by Gasteiger charge is -2.11. The Labute approximate surface area is 108 Å². The molecule has 1 aliphatic heterocycles. The highest BCUT2D eigenvalue weighted by Crippen LogP contribution is 2.14. The van der Waals surface area contributed by atoms with Crippen LogP contribution < -0.4 is 10.1 Å². The Morgan fingerprint density at radius 2 is 2.44 bits per heavy atom. The van der Waals surface area contributed by atoms with E-state index in [1.54, 1.807) is 0 Å². The van der Waals surface area contributed by atoms with Crippen molar-refractivity contribution in [3.63, 3.8) is 0 Å². The van der Waals surface area contributed by atoms with Crippen molar-refractivity contribution in [1.82, 2.24) is 5.32 Å². The van der Waals surface area contributed by atoms with Crippen molar-refractivity contribution in [2.75, 3.05) is 19.8 Å². The number of benzene rings is 1. The molecule has 0 aromatic heterocycles. The van der Waals surface area contributed by atoms with Crippen molar-refractivity contribution >= 4 is 0 Å². The highest BCUT2D eigenvalue weighted by atomic mass is 16.5. The van der Waals surface area contributed by atoms with Crippen LogP contribution in [0.25, 0.3) is 0 Å². The highest BCUT2D eigenvalue weighted by Gasteiger charge is 2.14. The molecule has 0 bridgehead atoms. The van der Waals surface area contributed by atoms with E-state index in [4.69, 9.17) is 14.7 Å². The van der Waals surface area contributed by atoms with Gasteiger partial charge in [-0.3, -0.25) is 0 Å². The third kappa shape index (κ3) is 4.02. The van der Waals surface area contributed by atoms with Crippen molar-refractivity contribution in [2.45, 2.75) is 25.5 Å². The lowest BCUT2D eigenvalue weighted by molar-refractivity contribution is 0.110. The Morgan fingerprint density at radius 1 is 1.50 bits per heavy atom. The molecule has 1 heterocycles. The first-order valence-corrected chi connectivity index (χ1v) is 6.29. The van der Waals surface area contributed by atoms with Crippen LogP contribution in [0.5, 0.6) is 5.75 Å². The predicted molar refractivity (Wildman–Crippen MR) is 68.2 cm³/mol. The van der Waals surface area contributed by atoms with Crippen LogP contribution in [0.15, 0.2) is 24.3 Å². The number of rotatable bonds is 6. The molecule has 2 rings (SSSR count). The van der Waals surface area contributed by atoms with E-state index in [-0.39, 0.29) is 6.61 Å². The molecule has 1 unspecified atom stereocenters. The second-order valence-corrected chi connectivity index (χ2v) is 4.36. The molecule has 96 valence electrons. The number of nitrogens with zero attached hydrogens (tertiary/aromatic N) is 1. The zero-order valence-corrected chi connectivity index (χ0v) is 10.4. The number of nitrogens with one attached hydrogen (secondary N) is 1. The molecule has 1 aromatic carbocycles. The molecule has 1 atom stereocenters. The van der Waals surface area contributed by atoms with Crippen LogP contribution in [0.2, 0.25) is 0 Å². The van der Waals surface area contributed by atoms with Crippen molar-refractivity contribution in [3.05, 3.63) is 29.8 Å². The maximum absolute atomic E-state index is 8.46. The molecule has 1 aliphatic rings. The van der Waals surface area contributed by atoms with E-state index in [9.17, 15) is 0 Å². The van der Waals surface area contributed by atoms with Gasteiger partial charge in [-0.05, 0) is 30.5 Å². The molecule has 4 nitrogen and oxygen atoms in total. The van der Waals surface area contributed by atoms with Gasteiger partial charge in [-0.2, -0.15) is 5.26 Å². The van der Waals surface area contributed by atoms with Crippen LogP contribution in [0.1, 0.15) is 18.4 Å². The van der Waals surface area contributed by atoms with Crippen molar-refractivity contribution < 1.29 is 9.47 Å². The third-order valence-electron chi connectivity index (χ3n) is 2.93. The Kier molecular flexibility index (Phi) is 5.00. The van der Waals surface area contributed by atoms with Gasteiger partial charge >= 0.3 is 0 Å². The highest BCUT2D eigenvalue weighted by molar-refractivity contribution is 5.28. The lowest BCUT2D eigenvalue weighted by atomic mass is 10.2. The Bertz CT molecular complexity index is 409. The first-order valence-electron chi connectivity index (χ1n) is 6.29. The molecule has 4 heteroatoms. The topological polar surface area (TPSA) is 54.3 Å². The maximum Gasteiger partial charge on any atom is 0.174 e. The van der Waals surface area contributed by atoms with Gasteiger partial charge in [-0.15, -0.1) is 0 Å². The average molecular weight is 246 g/mol. The summed E-state index contributed by atoms with van der Waals surface area (Å²) in [4.78, 5) is 0. The molecule has 1 N–H and O–H groups in total. The number of hydrogen-bond acceptors (Lipinski definition) is 4. The Balaban J connectivity index is 1.76. The van der Waals surface area contributed by atoms with Gasteiger partial charge in [-0.25, -0.2) is 0 Å². The standard InChI is InChI=1S/C14H18N2O2/c15-6-8-18-13-4-1-3-12(9-13)10-16-11-14-5-2-7-17-14/h1,3-4,9,14,16H,2,5,7-8,10-11H2. The summed E-state index contributed by atoms with van der Waals surface area (Å²) in [5.41, 5.74) is 1.16. The van der Waals surface area contributed by atoms with Crippen LogP contribution in [0, 0.1) is 11.3 Å². The summed E-state index contributed by atoms with van der Waals surface area (Å²) in [7, 11) is 0. The molecule has 0 saturated carbocycles. The molecule has 0 amide bonds. The number of nitriles is 1. The molecular formula is C14H18N2O2. The minimum Gasteiger partial charge on any atom is -0.479 e. The largest absolute Gasteiger partial charge is 0.479 e. The monoisotopic (exact) mass is 246 g/mol. The summed E-state index contributed by atoms with van der Waals surface area (Å²) in [6.45, 7) is 2.67. The molecule has 1 fully saturated rings. The quantitative estimate of drug-likeness (QED) is 0.832. The van der Waals surface area contributed by atoms with E-state index in [2.05, 4.69) is 5.32 Å². The van der Waals surface area contributed by atoms with Crippen molar-refractivity contribution in [1.29, 1.82) is 5.26 Å². The summed E-state index contributed by atoms with van der Waals surface area (Å²) in [6, 6.07) is 9.77. The number of hydrogen-bond donors (Lipinski definition) is 1. The summed E-state index contributed by atoms with van der Waals surface area (Å²) in [6.07, 6.45) is 2.69. The fourth-order valence-corrected chi connectivity index (χ4v) is 2.04. The van der Waals surface area contributed by atoms with Gasteiger partial charge < -0.3 is 14.8 Å². The SMILES string of the molecule is N#CCOc1cccc(CNCC2CCCO2)c1. The van der Waals surface area contributed by atoms with Crippen LogP contribution in [-0.2, 0) is 11.3 Å². The summed E-state index contributed by atoms with van der Waals surface area (Å²) >= 11 is 0. The normalized spacial score (nSPS) is 18.5. The van der Waals surface area contributed by atoms with Gasteiger partial charge in [0.05, 0.1) is 6.10 Å². The lowest BCUT2D eigenvalue weighted by Crippen LogP contribution is -2.25. The zero-order chi connectivity index (χ0) is 12.6. The minimum atomic E-state index is 0.0901. The number of ether oxygens (including phenoxy) is 2. The third-order valence-corrected chi connectivity index (χ3v) is 2.93. The average Bonchev–Trinajstić information content (AvgIpc) is 2.90. The van der Waals surface area contributed by atoms with Gasteiger partial charge in [0.25, 0.3) is 0 Å². The predicted octanol–water partition coefficient (Wildman–Crippen LogP) is 1.86. The summed E-state index contributed by atoms with van der Waals surface area (Å²) < 4.78 is 10.8. The second-order valence-electron chi connectivity index (χ2n) is 4.36. The molecule has 1 aromatic rings. The van der Waals surface area contributed by atoms with Crippen LogP contribution in [-0.4, -0.2) is 25.9 Å². The fourth-order valence-electron chi connectivity index (χ4n) is 2.04. The molecular weight excluding hydrogens is 228 g/mol. The molecule has 1 saturated heterocycles. The molecule has 0 aliphatic carbocycles. The van der Waals surface area contributed by atoms with Crippen LogP contribution in [0.4, 0.5) is 0 Å². The minimum absolute atomic E-state index is 0.0901. The van der Waals surface area contributed by atoms with Gasteiger partial charge in [-0.1, -0.05) is 12.1 Å². The maximum atomic E-state index is 8.46. The van der Waals surface area contributed by atoms with E-state index in [1.807, 2.05) is 30.3 Å². The van der Waals surface area contributed by atoms with E-state index < -0.39 is 0 Å². The first-order chi connectivity index (χ1) is 8.88.